The molecule has 2 fully saturated rings. The van der Waals surface area contributed by atoms with Crippen molar-refractivity contribution in [3.05, 3.63) is 48.6 Å². The summed E-state index contributed by atoms with van der Waals surface area (Å²) in [5.74, 6) is 2.86. The fraction of sp³-hybridized carbons (Fsp3) is 0.625. The average molecular weight is 498 g/mol. The summed E-state index contributed by atoms with van der Waals surface area (Å²) >= 11 is 0. The first kappa shape index (κ1) is 29.0. The molecule has 0 aliphatic heterocycles. The van der Waals surface area contributed by atoms with Crippen molar-refractivity contribution in [2.45, 2.75) is 84.5 Å². The molecule has 2 aliphatic carbocycles. The van der Waals surface area contributed by atoms with Crippen molar-refractivity contribution in [3.8, 4) is 0 Å². The fourth-order valence-electron chi connectivity index (χ4n) is 3.28. The van der Waals surface area contributed by atoms with E-state index in [1.54, 1.807) is 13.8 Å². The maximum Gasteiger partial charge on any atom is 4.00 e. The van der Waals surface area contributed by atoms with E-state index in [9.17, 15) is 4.57 Å². The van der Waals surface area contributed by atoms with Crippen LogP contribution < -0.4 is 0 Å². The van der Waals surface area contributed by atoms with Gasteiger partial charge in [-0.05, 0) is 13.8 Å². The predicted octanol–water partition coefficient (Wildman–Crippen LogP) is 8.22. The zero-order valence-electron chi connectivity index (χ0n) is 18.5. The zero-order chi connectivity index (χ0) is 20.5. The summed E-state index contributed by atoms with van der Waals surface area (Å²) in [6.45, 7) is 8.04. The van der Waals surface area contributed by atoms with Gasteiger partial charge in [0.05, 0.1) is 13.2 Å². The molecule has 3 nitrogen and oxygen atoms in total. The van der Waals surface area contributed by atoms with E-state index in [0.29, 0.717) is 19.6 Å². The molecule has 5 heteroatoms. The van der Waals surface area contributed by atoms with Crippen molar-refractivity contribution in [1.82, 2.24) is 0 Å². The summed E-state index contributed by atoms with van der Waals surface area (Å²) in [6, 6.07) is 9.61. The standard InChI is InChI=1S/C14H19O3P.2C5H10.Zr/c1-4-13(14-10-8-7-9-11-14)12-18(15,16-5-2)17-6-3;2*1-2-4-5-3-1;/h7-11H,1,4-6H2,2-3H3;2*1-5H2;/q-2;;;+4. The van der Waals surface area contributed by atoms with Crippen LogP contribution in [0, 0.1) is 12.7 Å². The Hall–Kier alpha value is -0.00688. The molecule has 0 aromatic heterocycles. The molecule has 2 aliphatic rings. The molecule has 0 heterocycles. The summed E-state index contributed by atoms with van der Waals surface area (Å²) in [5, 5.41) is 0. The number of allylic oxidation sites excluding steroid dienone is 1. The second-order valence-electron chi connectivity index (χ2n) is 7.07. The maximum atomic E-state index is 12.4. The van der Waals surface area contributed by atoms with Crippen LogP contribution in [0.3, 0.4) is 0 Å². The van der Waals surface area contributed by atoms with Gasteiger partial charge in [-0.2, -0.15) is 12.0 Å². The topological polar surface area (TPSA) is 35.5 Å². The molecule has 0 radical (unpaired) electrons. The van der Waals surface area contributed by atoms with Crippen molar-refractivity contribution in [1.29, 1.82) is 0 Å². The Morgan fingerprint density at radius 2 is 1.24 bits per heavy atom. The Balaban J connectivity index is 0.000000575. The number of hydrogen-bond acceptors (Lipinski definition) is 3. The second kappa shape index (κ2) is 18.7. The van der Waals surface area contributed by atoms with Gasteiger partial charge in [0.2, 0.25) is 0 Å². The van der Waals surface area contributed by atoms with Crippen molar-refractivity contribution in [3.63, 3.8) is 0 Å². The molecule has 0 amide bonds. The third-order valence-electron chi connectivity index (χ3n) is 4.74. The van der Waals surface area contributed by atoms with Gasteiger partial charge >= 0.3 is 26.2 Å². The Bertz CT molecular complexity index is 532. The number of rotatable bonds is 7. The van der Waals surface area contributed by atoms with Gasteiger partial charge in [-0.3, -0.25) is 4.57 Å². The monoisotopic (exact) mass is 496 g/mol. The van der Waals surface area contributed by atoms with Crippen LogP contribution in [0.2, 0.25) is 0 Å². The van der Waals surface area contributed by atoms with Crippen LogP contribution in [-0.4, -0.2) is 13.2 Å². The van der Waals surface area contributed by atoms with Gasteiger partial charge < -0.3 is 16.0 Å². The van der Waals surface area contributed by atoms with Gasteiger partial charge in [0.25, 0.3) is 7.60 Å². The van der Waals surface area contributed by atoms with Gasteiger partial charge in [-0.25, -0.2) is 5.57 Å². The van der Waals surface area contributed by atoms with Crippen LogP contribution in [0.4, 0.5) is 0 Å². The molecule has 0 atom stereocenters. The minimum Gasteiger partial charge on any atom is -0.342 e. The summed E-state index contributed by atoms with van der Waals surface area (Å²) < 4.78 is 22.7. The van der Waals surface area contributed by atoms with E-state index in [-0.39, 0.29) is 26.2 Å². The number of benzene rings is 1. The van der Waals surface area contributed by atoms with E-state index in [1.165, 1.54) is 64.2 Å². The van der Waals surface area contributed by atoms with Crippen LogP contribution in [-0.2, 0) is 39.8 Å². The summed E-state index contributed by atoms with van der Waals surface area (Å²) in [4.78, 5) is 0. The Morgan fingerprint density at radius 1 is 0.862 bits per heavy atom. The quantitative estimate of drug-likeness (QED) is 0.281. The third kappa shape index (κ3) is 13.8. The molecular formula is C24H39O3PZr+2. The molecule has 1 aromatic carbocycles. The molecule has 0 unspecified atom stereocenters. The molecule has 0 bridgehead atoms. The molecule has 160 valence electrons. The van der Waals surface area contributed by atoms with Gasteiger partial charge in [0, 0.05) is 0 Å². The molecule has 0 N–H and O–H groups in total. The largest absolute Gasteiger partial charge is 4.00 e. The van der Waals surface area contributed by atoms with Gasteiger partial charge in [-0.1, -0.05) is 82.4 Å². The number of hydrogen-bond donors (Lipinski definition) is 0. The molecule has 0 spiro atoms. The molecule has 0 saturated heterocycles. The minimum absolute atomic E-state index is 0. The van der Waals surface area contributed by atoms with Crippen LogP contribution in [0.1, 0.15) is 90.0 Å². The van der Waals surface area contributed by atoms with E-state index < -0.39 is 7.60 Å². The third-order valence-corrected chi connectivity index (χ3v) is 6.48. The van der Waals surface area contributed by atoms with Crippen LogP contribution in [0.25, 0.3) is 5.57 Å². The van der Waals surface area contributed by atoms with Gasteiger partial charge in [0.15, 0.2) is 0 Å². The van der Waals surface area contributed by atoms with Crippen LogP contribution in [0.5, 0.6) is 0 Å². The smallest absolute Gasteiger partial charge is 0.342 e. The van der Waals surface area contributed by atoms with Crippen molar-refractivity contribution >= 4 is 13.2 Å². The summed E-state index contributed by atoms with van der Waals surface area (Å²) in [7, 11) is -3.28. The minimum atomic E-state index is -3.28. The predicted molar refractivity (Wildman–Crippen MR) is 120 cm³/mol. The van der Waals surface area contributed by atoms with Crippen LogP contribution in [0.15, 0.2) is 30.3 Å². The van der Waals surface area contributed by atoms with Crippen LogP contribution >= 0.6 is 7.60 Å². The summed E-state index contributed by atoms with van der Waals surface area (Å²) in [5.41, 5.74) is 1.69. The first-order valence-corrected chi connectivity index (χ1v) is 12.6. The molecule has 1 aromatic rings. The normalized spacial score (nSPS) is 16.2. The summed E-state index contributed by atoms with van der Waals surface area (Å²) in [6.07, 6.45) is 15.5. The Labute approximate surface area is 198 Å². The first-order chi connectivity index (χ1) is 13.6. The zero-order valence-corrected chi connectivity index (χ0v) is 21.8. The average Bonchev–Trinajstić information content (AvgIpc) is 3.46. The Kier molecular flexibility index (Phi) is 18.7. The van der Waals surface area contributed by atoms with Crippen molar-refractivity contribution < 1.29 is 39.8 Å². The fourth-order valence-corrected chi connectivity index (χ4v) is 4.73. The van der Waals surface area contributed by atoms with E-state index in [0.717, 1.165) is 11.1 Å². The Morgan fingerprint density at radius 3 is 1.55 bits per heavy atom. The first-order valence-electron chi connectivity index (χ1n) is 11.0. The van der Waals surface area contributed by atoms with Crippen molar-refractivity contribution in [2.24, 2.45) is 0 Å². The van der Waals surface area contributed by atoms with E-state index in [2.05, 4.69) is 12.7 Å². The van der Waals surface area contributed by atoms with E-state index >= 15 is 0 Å². The van der Waals surface area contributed by atoms with Crippen molar-refractivity contribution in [2.75, 3.05) is 13.2 Å². The SMILES string of the molecule is C1CCCC1.C1CCCC1.[CH2-]CC(=[C-]P(=O)(OCC)OCC)c1ccccc1.[Zr+4]. The van der Waals surface area contributed by atoms with Gasteiger partial charge in [-0.15, -0.1) is 17.9 Å². The van der Waals surface area contributed by atoms with Gasteiger partial charge in [0.1, 0.15) is 0 Å². The molecular weight excluding hydrogens is 458 g/mol. The molecule has 29 heavy (non-hydrogen) atoms. The van der Waals surface area contributed by atoms with E-state index in [1.807, 2.05) is 30.3 Å². The molecule has 3 rings (SSSR count). The van der Waals surface area contributed by atoms with E-state index in [4.69, 9.17) is 9.05 Å². The maximum absolute atomic E-state index is 12.4. The second-order valence-corrected chi connectivity index (χ2v) is 8.81. The molecule has 2 saturated carbocycles.